The van der Waals surface area contributed by atoms with E-state index in [1.165, 1.54) is 6.07 Å². The Labute approximate surface area is 119 Å². The zero-order valence-electron chi connectivity index (χ0n) is 10.4. The van der Waals surface area contributed by atoms with E-state index in [9.17, 15) is 4.39 Å². The lowest BCUT2D eigenvalue weighted by molar-refractivity contribution is 0.625. The first-order valence-corrected chi connectivity index (χ1v) is 5.30. The Hall–Kier alpha value is -0.850. The van der Waals surface area contributed by atoms with Crippen LogP contribution in [0, 0.1) is 12.7 Å². The van der Waals surface area contributed by atoms with Crippen molar-refractivity contribution in [3.05, 3.63) is 35.1 Å². The van der Waals surface area contributed by atoms with Gasteiger partial charge in [0.1, 0.15) is 5.82 Å². The molecular formula is C12H19FIN3. The Morgan fingerprint density at radius 3 is 2.65 bits per heavy atom. The van der Waals surface area contributed by atoms with Crippen LogP contribution in [0.5, 0.6) is 0 Å². The summed E-state index contributed by atoms with van der Waals surface area (Å²) in [4.78, 5) is 4.01. The molecule has 0 amide bonds. The lowest BCUT2D eigenvalue weighted by Crippen LogP contribution is -2.35. The molecule has 0 unspecified atom stereocenters. The van der Waals surface area contributed by atoms with E-state index >= 15 is 0 Å². The molecule has 0 saturated heterocycles. The second-order valence-electron chi connectivity index (χ2n) is 3.57. The van der Waals surface area contributed by atoms with E-state index in [1.54, 1.807) is 13.1 Å². The number of guanidine groups is 1. The van der Waals surface area contributed by atoms with Gasteiger partial charge in [-0.3, -0.25) is 4.99 Å². The highest BCUT2D eigenvalue weighted by Gasteiger charge is 2.00. The average molecular weight is 351 g/mol. The summed E-state index contributed by atoms with van der Waals surface area (Å²) in [6.07, 6.45) is 0.854. The molecule has 0 radical (unpaired) electrons. The second kappa shape index (κ2) is 8.27. The van der Waals surface area contributed by atoms with E-state index in [1.807, 2.05) is 20.0 Å². The van der Waals surface area contributed by atoms with Crippen LogP contribution in [0.1, 0.15) is 11.1 Å². The van der Waals surface area contributed by atoms with Crippen LogP contribution in [0.2, 0.25) is 0 Å². The number of rotatable bonds is 3. The molecule has 96 valence electrons. The third kappa shape index (κ3) is 5.34. The van der Waals surface area contributed by atoms with Crippen molar-refractivity contribution in [2.75, 3.05) is 20.6 Å². The predicted octanol–water partition coefficient (Wildman–Crippen LogP) is 2.09. The summed E-state index contributed by atoms with van der Waals surface area (Å²) < 4.78 is 12.9. The molecule has 1 aromatic rings. The molecule has 0 saturated carbocycles. The molecule has 3 nitrogen and oxygen atoms in total. The SMILES string of the molecule is CN=C(NC)NCCc1ccc(F)cc1C.I. The van der Waals surface area contributed by atoms with E-state index in [2.05, 4.69) is 15.6 Å². The minimum Gasteiger partial charge on any atom is -0.359 e. The fourth-order valence-electron chi connectivity index (χ4n) is 1.53. The first-order valence-electron chi connectivity index (χ1n) is 5.30. The first-order chi connectivity index (χ1) is 7.67. The number of nitrogens with zero attached hydrogens (tertiary/aromatic N) is 1. The van der Waals surface area contributed by atoms with Crippen LogP contribution in [0.3, 0.4) is 0 Å². The molecule has 0 atom stereocenters. The quantitative estimate of drug-likeness (QED) is 0.497. The Balaban J connectivity index is 0.00000256. The Bertz CT molecular complexity index is 380. The lowest BCUT2D eigenvalue weighted by atomic mass is 10.1. The molecule has 0 aromatic heterocycles. The monoisotopic (exact) mass is 351 g/mol. The molecule has 5 heteroatoms. The van der Waals surface area contributed by atoms with Crippen molar-refractivity contribution >= 4 is 29.9 Å². The summed E-state index contributed by atoms with van der Waals surface area (Å²) in [7, 11) is 3.54. The number of nitrogens with one attached hydrogen (secondary N) is 2. The minimum atomic E-state index is -0.180. The maximum Gasteiger partial charge on any atom is 0.190 e. The van der Waals surface area contributed by atoms with Gasteiger partial charge in [-0.1, -0.05) is 6.07 Å². The van der Waals surface area contributed by atoms with Crippen molar-refractivity contribution in [1.82, 2.24) is 10.6 Å². The molecule has 0 spiro atoms. The van der Waals surface area contributed by atoms with E-state index in [-0.39, 0.29) is 29.8 Å². The van der Waals surface area contributed by atoms with Crippen LogP contribution in [-0.2, 0) is 6.42 Å². The largest absolute Gasteiger partial charge is 0.359 e. The molecule has 17 heavy (non-hydrogen) atoms. The van der Waals surface area contributed by atoms with E-state index in [0.717, 1.165) is 30.1 Å². The van der Waals surface area contributed by atoms with Gasteiger partial charge in [-0.05, 0) is 36.6 Å². The van der Waals surface area contributed by atoms with Gasteiger partial charge in [-0.25, -0.2) is 4.39 Å². The summed E-state index contributed by atoms with van der Waals surface area (Å²) in [5.74, 6) is 0.583. The molecule has 2 N–H and O–H groups in total. The molecule has 0 aliphatic carbocycles. The topological polar surface area (TPSA) is 36.4 Å². The number of hydrogen-bond donors (Lipinski definition) is 2. The van der Waals surface area contributed by atoms with Gasteiger partial charge in [0, 0.05) is 20.6 Å². The van der Waals surface area contributed by atoms with Crippen LogP contribution >= 0.6 is 24.0 Å². The van der Waals surface area contributed by atoms with Crippen LogP contribution in [0.4, 0.5) is 4.39 Å². The van der Waals surface area contributed by atoms with E-state index in [4.69, 9.17) is 0 Å². The first kappa shape index (κ1) is 16.1. The summed E-state index contributed by atoms with van der Waals surface area (Å²) in [5.41, 5.74) is 2.14. The fraction of sp³-hybridized carbons (Fsp3) is 0.417. The molecule has 0 bridgehead atoms. The van der Waals surface area contributed by atoms with Crippen molar-refractivity contribution in [2.45, 2.75) is 13.3 Å². The maximum absolute atomic E-state index is 12.9. The van der Waals surface area contributed by atoms with Gasteiger partial charge >= 0.3 is 0 Å². The zero-order chi connectivity index (χ0) is 12.0. The summed E-state index contributed by atoms with van der Waals surface area (Å²) in [6.45, 7) is 2.70. The molecular weight excluding hydrogens is 332 g/mol. The minimum absolute atomic E-state index is 0. The normalized spacial score (nSPS) is 10.7. The summed E-state index contributed by atoms with van der Waals surface area (Å²) in [6, 6.07) is 4.88. The Morgan fingerprint density at radius 1 is 1.41 bits per heavy atom. The highest BCUT2D eigenvalue weighted by atomic mass is 127. The van der Waals surface area contributed by atoms with Gasteiger partial charge in [0.2, 0.25) is 0 Å². The molecule has 0 heterocycles. The highest BCUT2D eigenvalue weighted by Crippen LogP contribution is 2.10. The second-order valence-corrected chi connectivity index (χ2v) is 3.57. The van der Waals surface area contributed by atoms with Crippen molar-refractivity contribution in [3.63, 3.8) is 0 Å². The number of benzene rings is 1. The van der Waals surface area contributed by atoms with Crippen molar-refractivity contribution in [2.24, 2.45) is 4.99 Å². The predicted molar refractivity (Wildman–Crippen MR) is 80.7 cm³/mol. The highest BCUT2D eigenvalue weighted by molar-refractivity contribution is 14.0. The van der Waals surface area contributed by atoms with Crippen LogP contribution in [0.15, 0.2) is 23.2 Å². The van der Waals surface area contributed by atoms with Gasteiger partial charge in [0.15, 0.2) is 5.96 Å². The third-order valence-corrected chi connectivity index (χ3v) is 2.45. The summed E-state index contributed by atoms with van der Waals surface area (Å²) >= 11 is 0. The third-order valence-electron chi connectivity index (χ3n) is 2.45. The van der Waals surface area contributed by atoms with E-state index in [0.29, 0.717) is 0 Å². The van der Waals surface area contributed by atoms with Crippen molar-refractivity contribution < 1.29 is 4.39 Å². The number of aryl methyl sites for hydroxylation is 1. The van der Waals surface area contributed by atoms with Gasteiger partial charge in [-0.15, -0.1) is 24.0 Å². The number of aliphatic imine (C=N–C) groups is 1. The lowest BCUT2D eigenvalue weighted by Gasteiger charge is -2.09. The van der Waals surface area contributed by atoms with Gasteiger partial charge in [0.05, 0.1) is 0 Å². The molecule has 0 aliphatic heterocycles. The molecule has 1 aromatic carbocycles. The van der Waals surface area contributed by atoms with Crippen LogP contribution in [-0.4, -0.2) is 26.6 Å². The van der Waals surface area contributed by atoms with Crippen molar-refractivity contribution in [3.8, 4) is 0 Å². The molecule has 0 fully saturated rings. The maximum atomic E-state index is 12.9. The van der Waals surface area contributed by atoms with Gasteiger partial charge in [0.25, 0.3) is 0 Å². The van der Waals surface area contributed by atoms with Crippen LogP contribution in [0.25, 0.3) is 0 Å². The van der Waals surface area contributed by atoms with Gasteiger partial charge in [-0.2, -0.15) is 0 Å². The van der Waals surface area contributed by atoms with E-state index < -0.39 is 0 Å². The average Bonchev–Trinajstić information content (AvgIpc) is 2.27. The van der Waals surface area contributed by atoms with Crippen LogP contribution < -0.4 is 10.6 Å². The Morgan fingerprint density at radius 2 is 2.12 bits per heavy atom. The van der Waals surface area contributed by atoms with Crippen molar-refractivity contribution in [1.29, 1.82) is 0 Å². The number of hydrogen-bond acceptors (Lipinski definition) is 1. The van der Waals surface area contributed by atoms with Gasteiger partial charge < -0.3 is 10.6 Å². The Kier molecular flexibility index (Phi) is 7.86. The zero-order valence-corrected chi connectivity index (χ0v) is 12.7. The molecule has 1 rings (SSSR count). The number of halogens is 2. The summed E-state index contributed by atoms with van der Waals surface area (Å²) in [5, 5.41) is 6.10. The standard InChI is InChI=1S/C12H18FN3.HI/c1-9-8-11(13)5-4-10(9)6-7-16-12(14-2)15-3;/h4-5,8H,6-7H2,1-3H3,(H2,14,15,16);1H. The fourth-order valence-corrected chi connectivity index (χ4v) is 1.53. The molecule has 0 aliphatic rings. The smallest absolute Gasteiger partial charge is 0.190 e.